The Morgan fingerprint density at radius 1 is 0.880 bits per heavy atom. The first kappa shape index (κ1) is 16.9. The Morgan fingerprint density at radius 2 is 1.52 bits per heavy atom. The molecule has 0 aliphatic carbocycles. The molecule has 0 spiro atoms. The highest BCUT2D eigenvalue weighted by molar-refractivity contribution is 5.97. The Hall–Kier alpha value is -2.94. The zero-order valence-corrected chi connectivity index (χ0v) is 14.2. The maximum atomic E-state index is 12.4. The molecular weight excluding hydrogens is 312 g/mol. The number of hydrogen-bond acceptors (Lipinski definition) is 3. The Morgan fingerprint density at radius 3 is 2.16 bits per heavy atom. The van der Waals surface area contributed by atoms with Crippen molar-refractivity contribution in [3.05, 3.63) is 94.9 Å². The fourth-order valence-corrected chi connectivity index (χ4v) is 2.84. The van der Waals surface area contributed by atoms with Gasteiger partial charge in [0.15, 0.2) is 5.78 Å². The van der Waals surface area contributed by atoms with Crippen molar-refractivity contribution in [1.29, 1.82) is 0 Å². The summed E-state index contributed by atoms with van der Waals surface area (Å²) in [6.45, 7) is 1.55. The molecule has 3 heteroatoms. The average Bonchev–Trinajstić information content (AvgIpc) is 2.96. The van der Waals surface area contributed by atoms with Crippen molar-refractivity contribution in [2.75, 3.05) is 0 Å². The van der Waals surface area contributed by atoms with Gasteiger partial charge < -0.3 is 4.42 Å². The van der Waals surface area contributed by atoms with E-state index in [2.05, 4.69) is 0 Å². The molecule has 0 aliphatic heterocycles. The number of hydrogen-bond donors (Lipinski definition) is 0. The Bertz CT molecular complexity index is 861. The van der Waals surface area contributed by atoms with Gasteiger partial charge >= 0.3 is 0 Å². The van der Waals surface area contributed by atoms with E-state index in [1.165, 1.54) is 0 Å². The van der Waals surface area contributed by atoms with Crippen LogP contribution >= 0.6 is 0 Å². The maximum Gasteiger partial charge on any atom is 0.170 e. The van der Waals surface area contributed by atoms with Gasteiger partial charge in [0.05, 0.1) is 12.8 Å². The standard InChI is InChI=1S/C22H20O3/c1-16(23)12-22-19(13-17-8-4-2-5-9-17)14-20(25-22)15-21(24)18-10-6-3-7-11-18/h2-11,14H,12-13,15H2,1H3. The largest absolute Gasteiger partial charge is 0.465 e. The highest BCUT2D eigenvalue weighted by Gasteiger charge is 2.16. The number of benzene rings is 2. The topological polar surface area (TPSA) is 47.3 Å². The second-order valence-electron chi connectivity index (χ2n) is 6.17. The van der Waals surface area contributed by atoms with Gasteiger partial charge in [-0.3, -0.25) is 9.59 Å². The summed E-state index contributed by atoms with van der Waals surface area (Å²) < 4.78 is 5.85. The van der Waals surface area contributed by atoms with Gasteiger partial charge in [0.1, 0.15) is 17.3 Å². The number of rotatable bonds is 7. The van der Waals surface area contributed by atoms with Gasteiger partial charge in [0.2, 0.25) is 0 Å². The van der Waals surface area contributed by atoms with Crippen LogP contribution in [0.25, 0.3) is 0 Å². The van der Waals surface area contributed by atoms with Gasteiger partial charge in [-0.05, 0) is 24.1 Å². The van der Waals surface area contributed by atoms with Gasteiger partial charge in [-0.15, -0.1) is 0 Å². The second kappa shape index (κ2) is 7.75. The summed E-state index contributed by atoms with van der Waals surface area (Å²) in [7, 11) is 0. The summed E-state index contributed by atoms with van der Waals surface area (Å²) in [5, 5.41) is 0. The number of carbonyl (C=O) groups excluding carboxylic acids is 2. The first-order valence-corrected chi connectivity index (χ1v) is 8.34. The predicted octanol–water partition coefficient (Wildman–Crippen LogP) is 4.43. The van der Waals surface area contributed by atoms with E-state index in [9.17, 15) is 9.59 Å². The average molecular weight is 332 g/mol. The van der Waals surface area contributed by atoms with Crippen molar-refractivity contribution in [3.63, 3.8) is 0 Å². The molecule has 25 heavy (non-hydrogen) atoms. The first-order chi connectivity index (χ1) is 12.1. The lowest BCUT2D eigenvalue weighted by atomic mass is 10.0. The van der Waals surface area contributed by atoms with Crippen LogP contribution in [0.1, 0.15) is 39.9 Å². The zero-order chi connectivity index (χ0) is 17.6. The molecular formula is C22H20O3. The molecule has 0 atom stereocenters. The Balaban J connectivity index is 1.82. The number of furan rings is 1. The molecule has 3 rings (SSSR count). The van der Waals surface area contributed by atoms with E-state index in [-0.39, 0.29) is 24.4 Å². The van der Waals surface area contributed by atoms with Gasteiger partial charge in [-0.25, -0.2) is 0 Å². The normalized spacial score (nSPS) is 10.6. The van der Waals surface area contributed by atoms with Crippen molar-refractivity contribution < 1.29 is 14.0 Å². The lowest BCUT2D eigenvalue weighted by Gasteiger charge is -2.01. The molecule has 126 valence electrons. The summed E-state index contributed by atoms with van der Waals surface area (Å²) in [5.74, 6) is 1.32. The first-order valence-electron chi connectivity index (χ1n) is 8.34. The molecule has 0 fully saturated rings. The van der Waals surface area contributed by atoms with E-state index in [0.29, 0.717) is 23.5 Å². The highest BCUT2D eigenvalue weighted by Crippen LogP contribution is 2.21. The van der Waals surface area contributed by atoms with Crippen molar-refractivity contribution in [2.45, 2.75) is 26.2 Å². The van der Waals surface area contributed by atoms with Crippen LogP contribution < -0.4 is 0 Å². The van der Waals surface area contributed by atoms with E-state index in [0.717, 1.165) is 11.1 Å². The zero-order valence-electron chi connectivity index (χ0n) is 14.2. The number of carbonyl (C=O) groups is 2. The van der Waals surface area contributed by atoms with E-state index in [4.69, 9.17) is 4.42 Å². The van der Waals surface area contributed by atoms with E-state index >= 15 is 0 Å². The highest BCUT2D eigenvalue weighted by atomic mass is 16.3. The third-order valence-electron chi connectivity index (χ3n) is 4.03. The van der Waals surface area contributed by atoms with Crippen molar-refractivity contribution in [3.8, 4) is 0 Å². The van der Waals surface area contributed by atoms with E-state index < -0.39 is 0 Å². The molecule has 0 N–H and O–H groups in total. The summed E-state index contributed by atoms with van der Waals surface area (Å²) in [6, 6.07) is 21.1. The molecule has 3 aromatic rings. The minimum Gasteiger partial charge on any atom is -0.465 e. The van der Waals surface area contributed by atoms with Crippen LogP contribution in [-0.2, 0) is 24.1 Å². The van der Waals surface area contributed by atoms with Crippen LogP contribution in [0.4, 0.5) is 0 Å². The molecule has 2 aromatic carbocycles. The third kappa shape index (κ3) is 4.54. The Labute approximate surface area is 147 Å². The molecule has 0 saturated carbocycles. The molecule has 0 unspecified atom stereocenters. The quantitative estimate of drug-likeness (QED) is 0.601. The van der Waals surface area contributed by atoms with Gasteiger partial charge in [-0.2, -0.15) is 0 Å². The predicted molar refractivity (Wildman–Crippen MR) is 96.8 cm³/mol. The summed E-state index contributed by atoms with van der Waals surface area (Å²) in [5.41, 5.74) is 2.78. The number of ketones is 2. The van der Waals surface area contributed by atoms with E-state index in [1.54, 1.807) is 19.1 Å². The Kier molecular flexibility index (Phi) is 5.24. The molecule has 0 radical (unpaired) electrons. The maximum absolute atomic E-state index is 12.4. The van der Waals surface area contributed by atoms with Crippen LogP contribution in [0.5, 0.6) is 0 Å². The lowest BCUT2D eigenvalue weighted by molar-refractivity contribution is -0.116. The van der Waals surface area contributed by atoms with Crippen LogP contribution in [-0.4, -0.2) is 11.6 Å². The summed E-state index contributed by atoms with van der Waals surface area (Å²) >= 11 is 0. The third-order valence-corrected chi connectivity index (χ3v) is 4.03. The minimum absolute atomic E-state index is 0.00925. The molecule has 0 bridgehead atoms. The lowest BCUT2D eigenvalue weighted by Crippen LogP contribution is -2.02. The monoisotopic (exact) mass is 332 g/mol. The van der Waals surface area contributed by atoms with Crippen LogP contribution in [0.15, 0.2) is 71.1 Å². The molecule has 1 heterocycles. The fraction of sp³-hybridized carbons (Fsp3) is 0.182. The smallest absolute Gasteiger partial charge is 0.170 e. The minimum atomic E-state index is 0.00925. The van der Waals surface area contributed by atoms with Gasteiger partial charge in [-0.1, -0.05) is 60.7 Å². The summed E-state index contributed by atoms with van der Waals surface area (Å²) in [6.07, 6.45) is 1.14. The second-order valence-corrected chi connectivity index (χ2v) is 6.17. The van der Waals surface area contributed by atoms with Crippen molar-refractivity contribution >= 4 is 11.6 Å². The molecule has 1 aromatic heterocycles. The van der Waals surface area contributed by atoms with Crippen LogP contribution in [0, 0.1) is 0 Å². The fourth-order valence-electron chi connectivity index (χ4n) is 2.84. The van der Waals surface area contributed by atoms with Crippen molar-refractivity contribution in [2.24, 2.45) is 0 Å². The van der Waals surface area contributed by atoms with Crippen LogP contribution in [0.3, 0.4) is 0 Å². The number of Topliss-reactive ketones (excluding diaryl/α,β-unsaturated/α-hetero) is 2. The molecule has 3 nitrogen and oxygen atoms in total. The van der Waals surface area contributed by atoms with E-state index in [1.807, 2.05) is 54.6 Å². The summed E-state index contributed by atoms with van der Waals surface area (Å²) in [4.78, 5) is 23.9. The molecule has 0 amide bonds. The van der Waals surface area contributed by atoms with Crippen LogP contribution in [0.2, 0.25) is 0 Å². The van der Waals surface area contributed by atoms with Crippen molar-refractivity contribution in [1.82, 2.24) is 0 Å². The van der Waals surface area contributed by atoms with Gasteiger partial charge in [0.25, 0.3) is 0 Å². The molecule has 0 saturated heterocycles. The SMILES string of the molecule is CC(=O)Cc1oc(CC(=O)c2ccccc2)cc1Cc1ccccc1. The van der Waals surface area contributed by atoms with Gasteiger partial charge in [0, 0.05) is 12.0 Å². The molecule has 0 aliphatic rings.